The molecule has 2 rings (SSSR count). The number of nitrogens with one attached hydrogen (secondary N) is 2. The van der Waals surface area contributed by atoms with Gasteiger partial charge < -0.3 is 10.3 Å². The highest BCUT2D eigenvalue weighted by Gasteiger charge is 2.33. The van der Waals surface area contributed by atoms with Crippen LogP contribution in [0.5, 0.6) is 0 Å². The number of carbonyl (C=O) groups excluding carboxylic acids is 1. The molecule has 2 aromatic heterocycles. The standard InChI is InChI=1S/C13H12F3N5O2/c1-6-3-9(13(14,15)16)21-10(19-6)5-18-11(22)8-4-17-7(2)20-12(8)23/h3-4H,5H2,1-2H3,(H,18,22)(H,17,20,23). The van der Waals surface area contributed by atoms with E-state index in [0.29, 0.717) is 5.82 Å². The molecule has 0 bridgehead atoms. The Labute approximate surface area is 128 Å². The van der Waals surface area contributed by atoms with Gasteiger partial charge in [0.2, 0.25) is 0 Å². The summed E-state index contributed by atoms with van der Waals surface area (Å²) in [4.78, 5) is 36.8. The third kappa shape index (κ3) is 4.11. The van der Waals surface area contributed by atoms with E-state index in [2.05, 4.69) is 25.3 Å². The first-order valence-corrected chi connectivity index (χ1v) is 6.42. The van der Waals surface area contributed by atoms with Crippen LogP contribution in [0.2, 0.25) is 0 Å². The van der Waals surface area contributed by atoms with Crippen LogP contribution in [0, 0.1) is 13.8 Å². The summed E-state index contributed by atoms with van der Waals surface area (Å²) >= 11 is 0. The van der Waals surface area contributed by atoms with Crippen molar-refractivity contribution in [3.8, 4) is 0 Å². The number of hydrogen-bond acceptors (Lipinski definition) is 5. The average Bonchev–Trinajstić information content (AvgIpc) is 2.43. The lowest BCUT2D eigenvalue weighted by molar-refractivity contribution is -0.141. The van der Waals surface area contributed by atoms with Gasteiger partial charge >= 0.3 is 6.18 Å². The minimum Gasteiger partial charge on any atom is -0.345 e. The maximum atomic E-state index is 12.7. The molecule has 2 heterocycles. The molecule has 0 aliphatic rings. The van der Waals surface area contributed by atoms with Gasteiger partial charge in [-0.3, -0.25) is 9.59 Å². The van der Waals surface area contributed by atoms with E-state index in [0.717, 1.165) is 12.3 Å². The number of rotatable bonds is 3. The van der Waals surface area contributed by atoms with Crippen molar-refractivity contribution in [2.75, 3.05) is 0 Å². The van der Waals surface area contributed by atoms with Gasteiger partial charge in [-0.25, -0.2) is 15.0 Å². The van der Waals surface area contributed by atoms with Crippen molar-refractivity contribution in [2.45, 2.75) is 26.6 Å². The van der Waals surface area contributed by atoms with Crippen molar-refractivity contribution in [1.29, 1.82) is 0 Å². The molecular weight excluding hydrogens is 315 g/mol. The maximum Gasteiger partial charge on any atom is 0.433 e. The highest BCUT2D eigenvalue weighted by Crippen LogP contribution is 2.27. The quantitative estimate of drug-likeness (QED) is 0.880. The average molecular weight is 327 g/mol. The number of carbonyl (C=O) groups is 1. The summed E-state index contributed by atoms with van der Waals surface area (Å²) in [5, 5.41) is 2.29. The molecule has 0 aromatic carbocycles. The Morgan fingerprint density at radius 1 is 1.30 bits per heavy atom. The highest BCUT2D eigenvalue weighted by molar-refractivity contribution is 5.93. The monoisotopic (exact) mass is 327 g/mol. The molecule has 23 heavy (non-hydrogen) atoms. The number of aryl methyl sites for hydroxylation is 2. The van der Waals surface area contributed by atoms with Gasteiger partial charge in [0.25, 0.3) is 11.5 Å². The zero-order valence-electron chi connectivity index (χ0n) is 12.2. The first-order valence-electron chi connectivity index (χ1n) is 6.42. The Morgan fingerprint density at radius 3 is 2.61 bits per heavy atom. The van der Waals surface area contributed by atoms with Crippen LogP contribution in [-0.4, -0.2) is 25.8 Å². The van der Waals surface area contributed by atoms with E-state index in [1.54, 1.807) is 6.92 Å². The third-order valence-corrected chi connectivity index (χ3v) is 2.77. The Hall–Kier alpha value is -2.78. The zero-order valence-corrected chi connectivity index (χ0v) is 12.2. The molecule has 0 saturated heterocycles. The first-order chi connectivity index (χ1) is 10.7. The van der Waals surface area contributed by atoms with Gasteiger partial charge in [0.1, 0.15) is 22.9 Å². The van der Waals surface area contributed by atoms with Crippen LogP contribution in [0.1, 0.15) is 33.4 Å². The van der Waals surface area contributed by atoms with Crippen molar-refractivity contribution in [1.82, 2.24) is 25.3 Å². The second kappa shape index (κ2) is 6.15. The largest absolute Gasteiger partial charge is 0.433 e. The van der Waals surface area contributed by atoms with E-state index in [1.807, 2.05) is 0 Å². The lowest BCUT2D eigenvalue weighted by atomic mass is 10.3. The molecule has 2 aromatic rings. The molecule has 0 fully saturated rings. The van der Waals surface area contributed by atoms with E-state index in [-0.39, 0.29) is 23.6 Å². The fraction of sp³-hybridized carbons (Fsp3) is 0.308. The molecule has 0 aliphatic heterocycles. The second-order valence-electron chi connectivity index (χ2n) is 4.70. The Balaban J connectivity index is 2.16. The van der Waals surface area contributed by atoms with E-state index < -0.39 is 23.3 Å². The summed E-state index contributed by atoms with van der Waals surface area (Å²) in [5.41, 5.74) is -1.87. The predicted molar refractivity (Wildman–Crippen MR) is 72.5 cm³/mol. The van der Waals surface area contributed by atoms with Gasteiger partial charge in [-0.05, 0) is 19.9 Å². The van der Waals surface area contributed by atoms with Crippen LogP contribution in [-0.2, 0) is 12.7 Å². The molecule has 0 spiro atoms. The fourth-order valence-electron chi connectivity index (χ4n) is 1.75. The second-order valence-corrected chi connectivity index (χ2v) is 4.70. The first kappa shape index (κ1) is 16.6. The maximum absolute atomic E-state index is 12.7. The molecular formula is C13H12F3N5O2. The highest BCUT2D eigenvalue weighted by atomic mass is 19.4. The van der Waals surface area contributed by atoms with Crippen LogP contribution in [0.25, 0.3) is 0 Å². The molecule has 0 radical (unpaired) electrons. The number of aromatic amines is 1. The summed E-state index contributed by atoms with van der Waals surface area (Å²) in [6.07, 6.45) is -3.52. The van der Waals surface area contributed by atoms with Gasteiger partial charge in [-0.15, -0.1) is 0 Å². The minimum atomic E-state index is -4.61. The van der Waals surface area contributed by atoms with Crippen LogP contribution in [0.3, 0.4) is 0 Å². The SMILES string of the molecule is Cc1cc(C(F)(F)F)nc(CNC(=O)c2cnc(C)[nH]c2=O)n1. The summed E-state index contributed by atoms with van der Waals surface area (Å²) in [5.74, 6) is -0.650. The molecule has 7 nitrogen and oxygen atoms in total. The van der Waals surface area contributed by atoms with Crippen LogP contribution in [0.4, 0.5) is 13.2 Å². The number of amides is 1. The normalized spacial score (nSPS) is 11.3. The Kier molecular flexibility index (Phi) is 4.43. The summed E-state index contributed by atoms with van der Waals surface area (Å²) in [6, 6.07) is 0.805. The Morgan fingerprint density at radius 2 is 2.00 bits per heavy atom. The zero-order chi connectivity index (χ0) is 17.2. The van der Waals surface area contributed by atoms with Crippen molar-refractivity contribution in [2.24, 2.45) is 0 Å². The fourth-order valence-corrected chi connectivity index (χ4v) is 1.75. The summed E-state index contributed by atoms with van der Waals surface area (Å²) in [7, 11) is 0. The van der Waals surface area contributed by atoms with Gasteiger partial charge in [0.15, 0.2) is 0 Å². The number of H-pyrrole nitrogens is 1. The third-order valence-electron chi connectivity index (χ3n) is 2.77. The van der Waals surface area contributed by atoms with Crippen LogP contribution >= 0.6 is 0 Å². The molecule has 1 amide bonds. The van der Waals surface area contributed by atoms with Crippen molar-refractivity contribution < 1.29 is 18.0 Å². The molecule has 0 aliphatic carbocycles. The molecule has 2 N–H and O–H groups in total. The lowest BCUT2D eigenvalue weighted by Crippen LogP contribution is -2.30. The van der Waals surface area contributed by atoms with Crippen LogP contribution in [0.15, 0.2) is 17.1 Å². The number of aromatic nitrogens is 4. The van der Waals surface area contributed by atoms with Crippen LogP contribution < -0.4 is 10.9 Å². The molecule has 0 atom stereocenters. The van der Waals surface area contributed by atoms with E-state index >= 15 is 0 Å². The van der Waals surface area contributed by atoms with Gasteiger partial charge in [-0.2, -0.15) is 13.2 Å². The summed E-state index contributed by atoms with van der Waals surface area (Å²) in [6.45, 7) is 2.58. The van der Waals surface area contributed by atoms with Gasteiger partial charge in [0, 0.05) is 11.9 Å². The molecule has 122 valence electrons. The predicted octanol–water partition coefficient (Wildman–Crippen LogP) is 1.13. The number of halogens is 3. The number of alkyl halides is 3. The Bertz CT molecular complexity index is 801. The van der Waals surface area contributed by atoms with E-state index in [9.17, 15) is 22.8 Å². The number of nitrogens with zero attached hydrogens (tertiary/aromatic N) is 3. The van der Waals surface area contributed by atoms with E-state index in [4.69, 9.17) is 0 Å². The van der Waals surface area contributed by atoms with Gasteiger partial charge in [0.05, 0.1) is 6.54 Å². The van der Waals surface area contributed by atoms with Crippen molar-refractivity contribution in [3.05, 3.63) is 51.2 Å². The van der Waals surface area contributed by atoms with Crippen molar-refractivity contribution in [3.63, 3.8) is 0 Å². The van der Waals surface area contributed by atoms with Gasteiger partial charge in [-0.1, -0.05) is 0 Å². The van der Waals surface area contributed by atoms with Crippen molar-refractivity contribution >= 4 is 5.91 Å². The molecule has 0 saturated carbocycles. The number of hydrogen-bond donors (Lipinski definition) is 2. The minimum absolute atomic E-state index is 0.117. The molecule has 10 heteroatoms. The lowest BCUT2D eigenvalue weighted by Gasteiger charge is -2.09. The molecule has 0 unspecified atom stereocenters. The topological polar surface area (TPSA) is 101 Å². The van der Waals surface area contributed by atoms with E-state index in [1.165, 1.54) is 6.92 Å². The smallest absolute Gasteiger partial charge is 0.345 e. The summed E-state index contributed by atoms with van der Waals surface area (Å²) < 4.78 is 38.0.